The Kier molecular flexibility index (Phi) is 6.44. The summed E-state index contributed by atoms with van der Waals surface area (Å²) in [4.78, 5) is 30.2. The van der Waals surface area contributed by atoms with Crippen molar-refractivity contribution in [1.29, 1.82) is 0 Å². The molecule has 0 bridgehead atoms. The van der Waals surface area contributed by atoms with Crippen molar-refractivity contribution in [3.05, 3.63) is 52.2 Å². The predicted octanol–water partition coefficient (Wildman–Crippen LogP) is 2.22. The van der Waals surface area contributed by atoms with Gasteiger partial charge in [0.15, 0.2) is 0 Å². The maximum atomic E-state index is 13.2. The lowest BCUT2D eigenvalue weighted by Gasteiger charge is -2.25. The lowest BCUT2D eigenvalue weighted by Crippen LogP contribution is -2.37. The van der Waals surface area contributed by atoms with Gasteiger partial charge in [0, 0.05) is 32.2 Å². The first-order valence-corrected chi connectivity index (χ1v) is 9.45. The molecule has 27 heavy (non-hydrogen) atoms. The quantitative estimate of drug-likeness (QED) is 0.579. The summed E-state index contributed by atoms with van der Waals surface area (Å²) >= 11 is 1.43. The highest BCUT2D eigenvalue weighted by Gasteiger charge is 2.42. The number of ether oxygens (including phenoxy) is 2. The van der Waals surface area contributed by atoms with E-state index < -0.39 is 0 Å². The minimum atomic E-state index is -0.327. The van der Waals surface area contributed by atoms with Gasteiger partial charge in [0.25, 0.3) is 11.8 Å². The minimum absolute atomic E-state index is 0.103. The second kappa shape index (κ2) is 8.98. The first kappa shape index (κ1) is 19.3. The van der Waals surface area contributed by atoms with E-state index in [9.17, 15) is 9.59 Å². The summed E-state index contributed by atoms with van der Waals surface area (Å²) < 4.78 is 15.7. The second-order valence-electron chi connectivity index (χ2n) is 5.95. The van der Waals surface area contributed by atoms with Crippen LogP contribution in [-0.4, -0.2) is 62.1 Å². The highest BCUT2D eigenvalue weighted by Crippen LogP contribution is 2.34. The summed E-state index contributed by atoms with van der Waals surface area (Å²) in [6.45, 7) is 1.94. The zero-order valence-electron chi connectivity index (χ0n) is 15.3. The normalized spacial score (nSPS) is 14.5. The first-order chi connectivity index (χ1) is 13.2. The summed E-state index contributed by atoms with van der Waals surface area (Å²) in [7, 11) is 3.21. The average Bonchev–Trinajstić information content (AvgIpc) is 3.41. The number of methoxy groups -OCH3 is 2. The van der Waals surface area contributed by atoms with Crippen molar-refractivity contribution >= 4 is 28.7 Å². The minimum Gasteiger partial charge on any atom is -0.467 e. The molecular weight excluding hydrogens is 368 g/mol. The molecule has 2 aromatic rings. The third-order valence-corrected chi connectivity index (χ3v) is 5.14. The van der Waals surface area contributed by atoms with Gasteiger partial charge < -0.3 is 18.8 Å². The Labute approximate surface area is 161 Å². The fourth-order valence-corrected chi connectivity index (χ4v) is 3.70. The molecule has 0 fully saturated rings. The van der Waals surface area contributed by atoms with Gasteiger partial charge in [-0.15, -0.1) is 11.3 Å². The molecule has 0 aromatic carbocycles. The van der Waals surface area contributed by atoms with Crippen molar-refractivity contribution in [2.75, 3.05) is 40.5 Å². The number of hydrogen-bond donors (Lipinski definition) is 0. The number of thiophene rings is 1. The molecule has 3 rings (SSSR count). The molecule has 0 spiro atoms. The Hall–Kier alpha value is -2.42. The van der Waals surface area contributed by atoms with Gasteiger partial charge in [0.05, 0.1) is 31.6 Å². The van der Waals surface area contributed by atoms with E-state index in [-0.39, 0.29) is 18.4 Å². The van der Waals surface area contributed by atoms with E-state index in [0.29, 0.717) is 43.3 Å². The molecule has 0 N–H and O–H groups in total. The van der Waals surface area contributed by atoms with Crippen molar-refractivity contribution in [1.82, 2.24) is 9.80 Å². The van der Waals surface area contributed by atoms with E-state index in [1.54, 1.807) is 26.4 Å². The zero-order chi connectivity index (χ0) is 19.2. The maximum Gasteiger partial charge on any atom is 0.278 e. The van der Waals surface area contributed by atoms with Crippen molar-refractivity contribution < 1.29 is 23.5 Å². The van der Waals surface area contributed by atoms with Crippen molar-refractivity contribution in [3.8, 4) is 0 Å². The maximum absolute atomic E-state index is 13.2. The SMILES string of the molecule is COCCN(CCOC)C1=C(c2cccs2)C(=O)N(Cc2ccco2)C1=O. The monoisotopic (exact) mass is 390 g/mol. The molecule has 8 heteroatoms. The van der Waals surface area contributed by atoms with Crippen LogP contribution in [0.1, 0.15) is 10.6 Å². The molecular formula is C19H22N2O5S. The second-order valence-corrected chi connectivity index (χ2v) is 6.90. The van der Waals surface area contributed by atoms with Gasteiger partial charge >= 0.3 is 0 Å². The van der Waals surface area contributed by atoms with E-state index in [1.807, 2.05) is 22.4 Å². The Morgan fingerprint density at radius 2 is 1.81 bits per heavy atom. The molecule has 2 aromatic heterocycles. The molecule has 0 unspecified atom stereocenters. The van der Waals surface area contributed by atoms with Gasteiger partial charge in [-0.05, 0) is 23.6 Å². The summed E-state index contributed by atoms with van der Waals surface area (Å²) in [6, 6.07) is 7.20. The summed E-state index contributed by atoms with van der Waals surface area (Å²) in [5, 5.41) is 1.89. The van der Waals surface area contributed by atoms with Gasteiger partial charge in [0.1, 0.15) is 11.5 Å². The van der Waals surface area contributed by atoms with Crippen LogP contribution in [0.25, 0.3) is 5.57 Å². The van der Waals surface area contributed by atoms with Gasteiger partial charge in [0.2, 0.25) is 0 Å². The van der Waals surface area contributed by atoms with Crippen LogP contribution in [0, 0.1) is 0 Å². The Balaban J connectivity index is 1.98. The molecule has 2 amide bonds. The van der Waals surface area contributed by atoms with E-state index >= 15 is 0 Å². The van der Waals surface area contributed by atoms with E-state index in [0.717, 1.165) is 4.88 Å². The smallest absolute Gasteiger partial charge is 0.278 e. The third kappa shape index (κ3) is 4.13. The molecule has 0 saturated heterocycles. The van der Waals surface area contributed by atoms with E-state index in [4.69, 9.17) is 13.9 Å². The molecule has 0 atom stereocenters. The molecule has 1 aliphatic rings. The largest absolute Gasteiger partial charge is 0.467 e. The number of imide groups is 1. The molecule has 0 saturated carbocycles. The number of rotatable bonds is 10. The van der Waals surface area contributed by atoms with Gasteiger partial charge in [-0.25, -0.2) is 0 Å². The van der Waals surface area contributed by atoms with Crippen molar-refractivity contribution in [2.45, 2.75) is 6.54 Å². The van der Waals surface area contributed by atoms with Crippen molar-refractivity contribution in [2.24, 2.45) is 0 Å². The molecule has 0 aliphatic carbocycles. The predicted molar refractivity (Wildman–Crippen MR) is 101 cm³/mol. The fourth-order valence-electron chi connectivity index (χ4n) is 2.94. The Morgan fingerprint density at radius 3 is 2.37 bits per heavy atom. The number of furan rings is 1. The lowest BCUT2D eigenvalue weighted by molar-refractivity contribution is -0.138. The Morgan fingerprint density at radius 1 is 1.07 bits per heavy atom. The zero-order valence-corrected chi connectivity index (χ0v) is 16.2. The average molecular weight is 390 g/mol. The van der Waals surface area contributed by atoms with Crippen LogP contribution < -0.4 is 0 Å². The van der Waals surface area contributed by atoms with Gasteiger partial charge in [-0.3, -0.25) is 14.5 Å². The number of hydrogen-bond acceptors (Lipinski definition) is 7. The molecule has 7 nitrogen and oxygen atoms in total. The molecule has 3 heterocycles. The van der Waals surface area contributed by atoms with Crippen LogP contribution in [0.5, 0.6) is 0 Å². The topological polar surface area (TPSA) is 72.2 Å². The summed E-state index contributed by atoms with van der Waals surface area (Å²) in [6.07, 6.45) is 1.53. The number of carbonyl (C=O) groups is 2. The van der Waals surface area contributed by atoms with E-state index in [1.165, 1.54) is 22.5 Å². The molecule has 144 valence electrons. The Bertz CT molecular complexity index is 790. The van der Waals surface area contributed by atoms with Gasteiger partial charge in [-0.2, -0.15) is 0 Å². The van der Waals surface area contributed by atoms with Crippen LogP contribution in [0.15, 0.2) is 46.0 Å². The van der Waals surface area contributed by atoms with Crippen LogP contribution in [0.4, 0.5) is 0 Å². The van der Waals surface area contributed by atoms with Crippen LogP contribution >= 0.6 is 11.3 Å². The van der Waals surface area contributed by atoms with Gasteiger partial charge in [-0.1, -0.05) is 6.07 Å². The molecule has 0 radical (unpaired) electrons. The van der Waals surface area contributed by atoms with Crippen LogP contribution in [0.2, 0.25) is 0 Å². The number of amides is 2. The molecule has 1 aliphatic heterocycles. The third-order valence-electron chi connectivity index (χ3n) is 4.25. The summed E-state index contributed by atoms with van der Waals surface area (Å²) in [5.74, 6) is -0.0792. The van der Waals surface area contributed by atoms with Crippen LogP contribution in [0.3, 0.4) is 0 Å². The van der Waals surface area contributed by atoms with E-state index in [2.05, 4.69) is 0 Å². The number of carbonyl (C=O) groups excluding carboxylic acids is 2. The first-order valence-electron chi connectivity index (χ1n) is 8.57. The summed E-state index contributed by atoms with van der Waals surface area (Å²) in [5.41, 5.74) is 0.817. The lowest BCUT2D eigenvalue weighted by atomic mass is 10.1. The standard InChI is InChI=1S/C19H22N2O5S/c1-24-10-7-20(8-11-25-2)17-16(15-6-4-12-27-15)18(22)21(19(17)23)13-14-5-3-9-26-14/h3-6,9,12H,7-8,10-11,13H2,1-2H3. The van der Waals surface area contributed by atoms with Crippen molar-refractivity contribution in [3.63, 3.8) is 0 Å². The van der Waals surface area contributed by atoms with Crippen LogP contribution in [-0.2, 0) is 25.6 Å². The fraction of sp³-hybridized carbons (Fsp3) is 0.368. The number of nitrogens with zero attached hydrogens (tertiary/aromatic N) is 2. The highest BCUT2D eigenvalue weighted by atomic mass is 32.1. The highest BCUT2D eigenvalue weighted by molar-refractivity contribution is 7.11.